The summed E-state index contributed by atoms with van der Waals surface area (Å²) < 4.78 is 0. The highest BCUT2D eigenvalue weighted by Gasteiger charge is 2.50. The first-order valence-corrected chi connectivity index (χ1v) is 10.2. The SMILES string of the molecule is CCc1nc(CN2CCCC23CCCN(Cc2ccccc2)C3=O)c(C)[nH]1. The van der Waals surface area contributed by atoms with E-state index in [9.17, 15) is 4.79 Å². The predicted octanol–water partition coefficient (Wildman–Crippen LogP) is 3.44. The molecular weight excluding hydrogens is 336 g/mol. The standard InChI is InChI=1S/C22H30N4O/c1-3-20-23-17(2)19(24-20)16-26-14-8-12-22(26)11-7-13-25(21(22)27)15-18-9-5-4-6-10-18/h4-6,9-10H,3,7-8,11-16H2,1-2H3,(H,23,24). The number of nitrogens with one attached hydrogen (secondary N) is 1. The maximum absolute atomic E-state index is 13.6. The van der Waals surface area contributed by atoms with Crippen LogP contribution in [-0.2, 0) is 24.3 Å². The van der Waals surface area contributed by atoms with Gasteiger partial charge in [-0.3, -0.25) is 9.69 Å². The highest BCUT2D eigenvalue weighted by atomic mass is 16.2. The van der Waals surface area contributed by atoms with E-state index in [2.05, 4.69) is 40.8 Å². The molecule has 2 aliphatic rings. The highest BCUT2D eigenvalue weighted by Crippen LogP contribution is 2.39. The van der Waals surface area contributed by atoms with Crippen molar-refractivity contribution in [3.05, 3.63) is 53.1 Å². The molecule has 0 aliphatic carbocycles. The van der Waals surface area contributed by atoms with E-state index < -0.39 is 0 Å². The summed E-state index contributed by atoms with van der Waals surface area (Å²) in [6, 6.07) is 10.3. The number of imidazole rings is 1. The zero-order valence-corrected chi connectivity index (χ0v) is 16.5. The minimum atomic E-state index is -0.329. The second-order valence-corrected chi connectivity index (χ2v) is 7.98. The molecule has 144 valence electrons. The van der Waals surface area contributed by atoms with Crippen LogP contribution in [0.5, 0.6) is 0 Å². The summed E-state index contributed by atoms with van der Waals surface area (Å²) in [5.41, 5.74) is 3.12. The smallest absolute Gasteiger partial charge is 0.243 e. The van der Waals surface area contributed by atoms with Crippen LogP contribution in [0.15, 0.2) is 30.3 Å². The van der Waals surface area contributed by atoms with Gasteiger partial charge in [0.1, 0.15) is 11.4 Å². The Balaban J connectivity index is 1.54. The van der Waals surface area contributed by atoms with E-state index in [-0.39, 0.29) is 5.54 Å². The largest absolute Gasteiger partial charge is 0.346 e. The highest BCUT2D eigenvalue weighted by molar-refractivity contribution is 5.87. The van der Waals surface area contributed by atoms with E-state index in [1.54, 1.807) is 0 Å². The minimum Gasteiger partial charge on any atom is -0.346 e. The van der Waals surface area contributed by atoms with E-state index >= 15 is 0 Å². The van der Waals surface area contributed by atoms with Crippen LogP contribution in [-0.4, -0.2) is 44.3 Å². The van der Waals surface area contributed by atoms with Crippen LogP contribution in [0.3, 0.4) is 0 Å². The Morgan fingerprint density at radius 3 is 2.56 bits per heavy atom. The molecule has 1 atom stereocenters. The molecule has 27 heavy (non-hydrogen) atoms. The molecule has 1 aromatic heterocycles. The van der Waals surface area contributed by atoms with Gasteiger partial charge >= 0.3 is 0 Å². The van der Waals surface area contributed by atoms with E-state index in [4.69, 9.17) is 4.98 Å². The summed E-state index contributed by atoms with van der Waals surface area (Å²) in [5.74, 6) is 1.36. The molecule has 2 aromatic rings. The summed E-state index contributed by atoms with van der Waals surface area (Å²) in [6.45, 7) is 7.55. The summed E-state index contributed by atoms with van der Waals surface area (Å²) in [5, 5.41) is 0. The van der Waals surface area contributed by atoms with Gasteiger partial charge in [0, 0.05) is 31.7 Å². The van der Waals surface area contributed by atoms with Gasteiger partial charge in [-0.15, -0.1) is 0 Å². The van der Waals surface area contributed by atoms with Crippen molar-refractivity contribution in [1.82, 2.24) is 19.8 Å². The molecule has 2 aliphatic heterocycles. The molecule has 2 saturated heterocycles. The van der Waals surface area contributed by atoms with Gasteiger partial charge in [-0.1, -0.05) is 37.3 Å². The fourth-order valence-corrected chi connectivity index (χ4v) is 4.78. The van der Waals surface area contributed by atoms with Crippen molar-refractivity contribution < 1.29 is 4.79 Å². The Hall–Kier alpha value is -2.14. The number of aromatic nitrogens is 2. The lowest BCUT2D eigenvalue weighted by atomic mass is 9.85. The van der Waals surface area contributed by atoms with Crippen LogP contribution in [0.4, 0.5) is 0 Å². The Bertz CT molecular complexity index is 800. The van der Waals surface area contributed by atoms with Gasteiger partial charge in [-0.2, -0.15) is 0 Å². The molecule has 1 amide bonds. The van der Waals surface area contributed by atoms with Gasteiger partial charge < -0.3 is 9.88 Å². The van der Waals surface area contributed by atoms with Crippen LogP contribution < -0.4 is 0 Å². The van der Waals surface area contributed by atoms with Crippen molar-refractivity contribution >= 4 is 5.91 Å². The van der Waals surface area contributed by atoms with Gasteiger partial charge in [0.2, 0.25) is 5.91 Å². The molecule has 4 rings (SSSR count). The molecule has 2 fully saturated rings. The number of hydrogen-bond donors (Lipinski definition) is 1. The zero-order valence-electron chi connectivity index (χ0n) is 16.5. The summed E-state index contributed by atoms with van der Waals surface area (Å²) in [6.07, 6.45) is 5.03. The first kappa shape index (κ1) is 18.2. The number of carbonyl (C=O) groups excluding carboxylic acids is 1. The Morgan fingerprint density at radius 2 is 1.85 bits per heavy atom. The predicted molar refractivity (Wildman–Crippen MR) is 106 cm³/mol. The molecule has 1 aromatic carbocycles. The lowest BCUT2D eigenvalue weighted by Crippen LogP contribution is -2.59. The molecule has 1 N–H and O–H groups in total. The van der Waals surface area contributed by atoms with Crippen molar-refractivity contribution in [2.45, 2.75) is 64.6 Å². The first-order valence-electron chi connectivity index (χ1n) is 10.2. The average Bonchev–Trinajstić information content (AvgIpc) is 3.24. The molecule has 0 bridgehead atoms. The maximum atomic E-state index is 13.6. The van der Waals surface area contributed by atoms with Crippen LogP contribution in [0.2, 0.25) is 0 Å². The summed E-state index contributed by atoms with van der Waals surface area (Å²) in [7, 11) is 0. The summed E-state index contributed by atoms with van der Waals surface area (Å²) >= 11 is 0. The number of nitrogens with zero attached hydrogens (tertiary/aromatic N) is 3. The zero-order chi connectivity index (χ0) is 18.9. The number of piperidine rings is 1. The van der Waals surface area contributed by atoms with E-state index in [1.807, 2.05) is 18.2 Å². The van der Waals surface area contributed by atoms with Crippen LogP contribution >= 0.6 is 0 Å². The number of rotatable bonds is 5. The molecule has 1 unspecified atom stereocenters. The van der Waals surface area contributed by atoms with Gasteiger partial charge in [0.15, 0.2) is 0 Å². The van der Waals surface area contributed by atoms with Gasteiger partial charge in [0.05, 0.1) is 5.69 Å². The molecule has 5 nitrogen and oxygen atoms in total. The lowest BCUT2D eigenvalue weighted by Gasteiger charge is -2.44. The second kappa shape index (κ2) is 7.47. The number of amides is 1. The Labute approximate surface area is 161 Å². The van der Waals surface area contributed by atoms with Crippen LogP contribution in [0.1, 0.15) is 55.4 Å². The van der Waals surface area contributed by atoms with E-state index in [1.165, 1.54) is 5.56 Å². The number of H-pyrrole nitrogens is 1. The van der Waals surface area contributed by atoms with Crippen molar-refractivity contribution in [3.8, 4) is 0 Å². The molecule has 3 heterocycles. The van der Waals surface area contributed by atoms with Crippen molar-refractivity contribution in [2.75, 3.05) is 13.1 Å². The number of carbonyl (C=O) groups is 1. The number of aromatic amines is 1. The number of aryl methyl sites for hydroxylation is 2. The van der Waals surface area contributed by atoms with Crippen LogP contribution in [0.25, 0.3) is 0 Å². The third-order valence-electron chi connectivity index (χ3n) is 6.25. The van der Waals surface area contributed by atoms with Crippen LogP contribution in [0, 0.1) is 6.92 Å². The molecule has 0 radical (unpaired) electrons. The van der Waals surface area contributed by atoms with Crippen molar-refractivity contribution in [3.63, 3.8) is 0 Å². The monoisotopic (exact) mass is 366 g/mol. The normalized spacial score (nSPS) is 23.5. The van der Waals surface area contributed by atoms with Gasteiger partial charge in [-0.05, 0) is 44.7 Å². The number of hydrogen-bond acceptors (Lipinski definition) is 3. The quantitative estimate of drug-likeness (QED) is 0.882. The maximum Gasteiger partial charge on any atom is 0.243 e. The Kier molecular flexibility index (Phi) is 5.04. The molecular formula is C22H30N4O. The van der Waals surface area contributed by atoms with E-state index in [0.717, 1.165) is 75.5 Å². The van der Waals surface area contributed by atoms with Gasteiger partial charge in [-0.25, -0.2) is 4.98 Å². The third kappa shape index (κ3) is 3.41. The number of likely N-dealkylation sites (tertiary alicyclic amines) is 2. The van der Waals surface area contributed by atoms with Gasteiger partial charge in [0.25, 0.3) is 0 Å². The number of benzene rings is 1. The fourth-order valence-electron chi connectivity index (χ4n) is 4.78. The first-order chi connectivity index (χ1) is 13.1. The molecule has 1 spiro atoms. The van der Waals surface area contributed by atoms with Crippen molar-refractivity contribution in [1.29, 1.82) is 0 Å². The lowest BCUT2D eigenvalue weighted by molar-refractivity contribution is -0.148. The fraction of sp³-hybridized carbons (Fsp3) is 0.545. The minimum absolute atomic E-state index is 0.319. The second-order valence-electron chi connectivity index (χ2n) is 7.98. The van der Waals surface area contributed by atoms with E-state index in [0.29, 0.717) is 5.91 Å². The topological polar surface area (TPSA) is 52.2 Å². The summed E-state index contributed by atoms with van der Waals surface area (Å²) in [4.78, 5) is 26.2. The third-order valence-corrected chi connectivity index (χ3v) is 6.25. The molecule has 5 heteroatoms. The van der Waals surface area contributed by atoms with Crippen molar-refractivity contribution in [2.24, 2.45) is 0 Å². The molecule has 0 saturated carbocycles. The average molecular weight is 367 g/mol. The Morgan fingerprint density at radius 1 is 1.11 bits per heavy atom.